The molecule has 1 amide bonds. The summed E-state index contributed by atoms with van der Waals surface area (Å²) in [5.74, 6) is -0.463. The van der Waals surface area contributed by atoms with Crippen LogP contribution in [-0.4, -0.2) is 17.9 Å². The van der Waals surface area contributed by atoms with Crippen LogP contribution in [0.5, 0.6) is 0 Å². The third-order valence-corrected chi connectivity index (χ3v) is 3.30. The largest absolute Gasteiger partial charge is 0.378 e. The van der Waals surface area contributed by atoms with Gasteiger partial charge in [-0.2, -0.15) is 0 Å². The normalized spacial score (nSPS) is 11.8. The summed E-state index contributed by atoms with van der Waals surface area (Å²) < 4.78 is 13.6. The molecule has 1 atom stereocenters. The first kappa shape index (κ1) is 15.0. The number of rotatable bonds is 4. The fraction of sp³-hybridized carbons (Fsp3) is 0.250. The highest BCUT2D eigenvalue weighted by Gasteiger charge is 2.10. The maximum atomic E-state index is 13.6. The van der Waals surface area contributed by atoms with Gasteiger partial charge in [0.05, 0.1) is 0 Å². The van der Waals surface area contributed by atoms with Crippen LogP contribution in [0.2, 0.25) is 0 Å². The SMILES string of the molecule is CNC(=O)c1cc(NC(C)c2ccc(C)c(F)c2)ccn1. The second-order valence-corrected chi connectivity index (χ2v) is 4.88. The molecule has 0 aliphatic rings. The third-order valence-electron chi connectivity index (χ3n) is 3.30. The van der Waals surface area contributed by atoms with E-state index in [-0.39, 0.29) is 17.8 Å². The molecule has 1 unspecified atom stereocenters. The monoisotopic (exact) mass is 287 g/mol. The van der Waals surface area contributed by atoms with Crippen molar-refractivity contribution in [3.63, 3.8) is 0 Å². The van der Waals surface area contributed by atoms with Gasteiger partial charge in [0.1, 0.15) is 11.5 Å². The Kier molecular flexibility index (Phi) is 4.52. The third kappa shape index (κ3) is 3.56. The Morgan fingerprint density at radius 2 is 2.05 bits per heavy atom. The summed E-state index contributed by atoms with van der Waals surface area (Å²) in [6.07, 6.45) is 1.56. The first-order valence-electron chi connectivity index (χ1n) is 6.72. The molecular formula is C16H18FN3O. The summed E-state index contributed by atoms with van der Waals surface area (Å²) in [5.41, 5.74) is 2.56. The number of hydrogen-bond acceptors (Lipinski definition) is 3. The van der Waals surface area contributed by atoms with Crippen LogP contribution >= 0.6 is 0 Å². The molecule has 0 spiro atoms. The van der Waals surface area contributed by atoms with Gasteiger partial charge in [-0.3, -0.25) is 9.78 Å². The number of halogens is 1. The van der Waals surface area contributed by atoms with Gasteiger partial charge < -0.3 is 10.6 Å². The van der Waals surface area contributed by atoms with Crippen LogP contribution in [0.1, 0.15) is 34.6 Å². The number of nitrogens with zero attached hydrogens (tertiary/aromatic N) is 1. The summed E-state index contributed by atoms with van der Waals surface area (Å²) in [5, 5.41) is 5.77. The molecule has 4 nitrogen and oxygen atoms in total. The van der Waals surface area contributed by atoms with Crippen molar-refractivity contribution in [3.8, 4) is 0 Å². The van der Waals surface area contributed by atoms with Crippen molar-refractivity contribution in [2.45, 2.75) is 19.9 Å². The number of carbonyl (C=O) groups excluding carboxylic acids is 1. The molecule has 5 heteroatoms. The van der Waals surface area contributed by atoms with Gasteiger partial charge in [-0.1, -0.05) is 12.1 Å². The van der Waals surface area contributed by atoms with E-state index in [0.29, 0.717) is 11.3 Å². The second kappa shape index (κ2) is 6.35. The fourth-order valence-electron chi connectivity index (χ4n) is 1.98. The van der Waals surface area contributed by atoms with Crippen LogP contribution < -0.4 is 10.6 Å². The molecule has 0 radical (unpaired) electrons. The van der Waals surface area contributed by atoms with Crippen molar-refractivity contribution in [1.82, 2.24) is 10.3 Å². The fourth-order valence-corrected chi connectivity index (χ4v) is 1.98. The van der Waals surface area contributed by atoms with E-state index in [4.69, 9.17) is 0 Å². The zero-order valence-corrected chi connectivity index (χ0v) is 12.3. The molecule has 1 aromatic heterocycles. The number of benzene rings is 1. The number of pyridine rings is 1. The number of anilines is 1. The number of amides is 1. The van der Waals surface area contributed by atoms with Gasteiger partial charge in [0.25, 0.3) is 5.91 Å². The van der Waals surface area contributed by atoms with Crippen molar-refractivity contribution in [2.75, 3.05) is 12.4 Å². The molecule has 21 heavy (non-hydrogen) atoms. The van der Waals surface area contributed by atoms with E-state index in [9.17, 15) is 9.18 Å². The van der Waals surface area contributed by atoms with Crippen LogP contribution in [0, 0.1) is 12.7 Å². The maximum absolute atomic E-state index is 13.6. The smallest absolute Gasteiger partial charge is 0.269 e. The lowest BCUT2D eigenvalue weighted by Crippen LogP contribution is -2.19. The summed E-state index contributed by atoms with van der Waals surface area (Å²) >= 11 is 0. The van der Waals surface area contributed by atoms with Gasteiger partial charge >= 0.3 is 0 Å². The Hall–Kier alpha value is -2.43. The highest BCUT2D eigenvalue weighted by Crippen LogP contribution is 2.21. The average molecular weight is 287 g/mol. The Morgan fingerprint density at radius 1 is 1.29 bits per heavy atom. The van der Waals surface area contributed by atoms with Crippen LogP contribution in [0.4, 0.5) is 10.1 Å². The number of aromatic nitrogens is 1. The topological polar surface area (TPSA) is 54.0 Å². The Morgan fingerprint density at radius 3 is 2.71 bits per heavy atom. The molecule has 2 rings (SSSR count). The highest BCUT2D eigenvalue weighted by atomic mass is 19.1. The lowest BCUT2D eigenvalue weighted by molar-refractivity contribution is 0.0958. The standard InChI is InChI=1S/C16H18FN3O/c1-10-4-5-12(8-14(10)17)11(2)20-13-6-7-19-15(9-13)16(21)18-3/h4-9,11H,1-3H3,(H,18,21)(H,19,20). The lowest BCUT2D eigenvalue weighted by atomic mass is 10.1. The van der Waals surface area contributed by atoms with E-state index < -0.39 is 0 Å². The summed E-state index contributed by atoms with van der Waals surface area (Å²) in [6, 6.07) is 8.52. The molecule has 0 saturated heterocycles. The van der Waals surface area contributed by atoms with E-state index in [1.54, 1.807) is 38.4 Å². The van der Waals surface area contributed by atoms with Gasteiger partial charge in [0.15, 0.2) is 0 Å². The maximum Gasteiger partial charge on any atom is 0.269 e. The first-order valence-corrected chi connectivity index (χ1v) is 6.72. The van der Waals surface area contributed by atoms with Gasteiger partial charge in [-0.25, -0.2) is 4.39 Å². The first-order chi connectivity index (χ1) is 10.0. The van der Waals surface area contributed by atoms with Crippen LogP contribution in [0.3, 0.4) is 0 Å². The van der Waals surface area contributed by atoms with Crippen molar-refractivity contribution < 1.29 is 9.18 Å². The molecule has 1 aromatic carbocycles. The van der Waals surface area contributed by atoms with E-state index in [1.807, 2.05) is 13.0 Å². The number of nitrogens with one attached hydrogen (secondary N) is 2. The minimum Gasteiger partial charge on any atom is -0.378 e. The van der Waals surface area contributed by atoms with Crippen molar-refractivity contribution in [3.05, 3.63) is 59.2 Å². The Balaban J connectivity index is 2.17. The quantitative estimate of drug-likeness (QED) is 0.908. The average Bonchev–Trinajstić information content (AvgIpc) is 2.49. The van der Waals surface area contributed by atoms with Gasteiger partial charge in [0, 0.05) is 25.0 Å². The molecule has 0 bridgehead atoms. The molecule has 110 valence electrons. The predicted molar refractivity (Wildman–Crippen MR) is 80.8 cm³/mol. The summed E-state index contributed by atoms with van der Waals surface area (Å²) in [4.78, 5) is 15.6. The van der Waals surface area contributed by atoms with Gasteiger partial charge in [-0.15, -0.1) is 0 Å². The second-order valence-electron chi connectivity index (χ2n) is 4.88. The molecule has 2 aromatic rings. The minimum absolute atomic E-state index is 0.0833. The molecule has 0 aliphatic carbocycles. The molecule has 2 N–H and O–H groups in total. The minimum atomic E-state index is -0.243. The summed E-state index contributed by atoms with van der Waals surface area (Å²) in [6.45, 7) is 3.67. The van der Waals surface area contributed by atoms with E-state index in [1.165, 1.54) is 6.07 Å². The van der Waals surface area contributed by atoms with E-state index >= 15 is 0 Å². The Bertz CT molecular complexity index is 658. The van der Waals surface area contributed by atoms with Gasteiger partial charge in [0.2, 0.25) is 0 Å². The number of aryl methyl sites for hydroxylation is 1. The van der Waals surface area contributed by atoms with Gasteiger partial charge in [-0.05, 0) is 43.2 Å². The highest BCUT2D eigenvalue weighted by molar-refractivity contribution is 5.92. The van der Waals surface area contributed by atoms with E-state index in [0.717, 1.165) is 11.3 Å². The van der Waals surface area contributed by atoms with Crippen LogP contribution in [-0.2, 0) is 0 Å². The zero-order chi connectivity index (χ0) is 15.4. The van der Waals surface area contributed by atoms with Crippen molar-refractivity contribution in [2.24, 2.45) is 0 Å². The molecular weight excluding hydrogens is 269 g/mol. The van der Waals surface area contributed by atoms with Crippen molar-refractivity contribution >= 4 is 11.6 Å². The lowest BCUT2D eigenvalue weighted by Gasteiger charge is -2.16. The number of hydrogen-bond donors (Lipinski definition) is 2. The van der Waals surface area contributed by atoms with Crippen molar-refractivity contribution in [1.29, 1.82) is 0 Å². The molecule has 0 aliphatic heterocycles. The summed E-state index contributed by atoms with van der Waals surface area (Å²) in [7, 11) is 1.56. The molecule has 0 saturated carbocycles. The van der Waals surface area contributed by atoms with Crippen LogP contribution in [0.15, 0.2) is 36.5 Å². The number of carbonyl (C=O) groups is 1. The Labute approximate surface area is 123 Å². The molecule has 1 heterocycles. The van der Waals surface area contributed by atoms with E-state index in [2.05, 4.69) is 15.6 Å². The predicted octanol–water partition coefficient (Wildman–Crippen LogP) is 3.06. The zero-order valence-electron chi connectivity index (χ0n) is 12.3. The molecule has 0 fully saturated rings. The van der Waals surface area contributed by atoms with Crippen LogP contribution in [0.25, 0.3) is 0 Å².